The highest BCUT2D eigenvalue weighted by atomic mass is 31.2. The lowest BCUT2D eigenvalue weighted by molar-refractivity contribution is 0.491. The smallest absolute Gasteiger partial charge is 0.200 e. The molecule has 0 unspecified atom stereocenters. The molecule has 0 radical (unpaired) electrons. The molecule has 0 heterocycles. The van der Waals surface area contributed by atoms with Gasteiger partial charge < -0.3 is 19.6 Å². The van der Waals surface area contributed by atoms with E-state index in [1.165, 1.54) is 12.1 Å². The van der Waals surface area contributed by atoms with Crippen LogP contribution in [0.4, 0.5) is 0 Å². The predicted octanol–water partition coefficient (Wildman–Crippen LogP) is -0.470. The van der Waals surface area contributed by atoms with Crippen LogP contribution in [-0.4, -0.2) is 19.6 Å². The lowest BCUT2D eigenvalue weighted by atomic mass is 10.4. The second kappa shape index (κ2) is 4.24. The SMILES string of the molecule is OP(O)c1ccccc1P(O)O. The Hall–Kier alpha value is -0.0800. The van der Waals surface area contributed by atoms with E-state index in [1.807, 2.05) is 0 Å². The third kappa shape index (κ3) is 2.20. The topological polar surface area (TPSA) is 80.9 Å². The molecule has 1 aromatic rings. The van der Waals surface area contributed by atoms with E-state index in [0.29, 0.717) is 0 Å². The van der Waals surface area contributed by atoms with Gasteiger partial charge in [-0.2, -0.15) is 0 Å². The molecule has 6 heteroatoms. The third-order valence-electron chi connectivity index (χ3n) is 1.31. The van der Waals surface area contributed by atoms with Gasteiger partial charge in [0.15, 0.2) is 16.8 Å². The van der Waals surface area contributed by atoms with Crippen LogP contribution in [0.15, 0.2) is 24.3 Å². The molecule has 12 heavy (non-hydrogen) atoms. The highest BCUT2D eigenvalue weighted by Crippen LogP contribution is 2.28. The average molecular weight is 206 g/mol. The molecule has 4 nitrogen and oxygen atoms in total. The largest absolute Gasteiger partial charge is 0.347 e. The molecule has 0 bridgehead atoms. The molecule has 0 saturated carbocycles. The Balaban J connectivity index is 3.09. The molecule has 0 aliphatic rings. The van der Waals surface area contributed by atoms with E-state index in [-0.39, 0.29) is 10.6 Å². The van der Waals surface area contributed by atoms with Crippen LogP contribution >= 0.6 is 16.8 Å². The highest BCUT2D eigenvalue weighted by Gasteiger charge is 2.14. The number of benzene rings is 1. The van der Waals surface area contributed by atoms with Crippen LogP contribution in [0, 0.1) is 0 Å². The van der Waals surface area contributed by atoms with Gasteiger partial charge in [0.1, 0.15) is 0 Å². The first-order chi connectivity index (χ1) is 5.63. The number of hydrogen-bond donors (Lipinski definition) is 4. The van der Waals surface area contributed by atoms with Crippen LogP contribution in [0.3, 0.4) is 0 Å². The fourth-order valence-corrected chi connectivity index (χ4v) is 2.34. The van der Waals surface area contributed by atoms with Crippen LogP contribution in [0.25, 0.3) is 0 Å². The summed E-state index contributed by atoms with van der Waals surface area (Å²) in [4.78, 5) is 35.4. The predicted molar refractivity (Wildman–Crippen MR) is 48.4 cm³/mol. The Bertz CT molecular complexity index is 236. The van der Waals surface area contributed by atoms with Gasteiger partial charge in [-0.05, 0) is 12.1 Å². The summed E-state index contributed by atoms with van der Waals surface area (Å²) in [6.07, 6.45) is 0. The van der Waals surface area contributed by atoms with E-state index in [2.05, 4.69) is 0 Å². The van der Waals surface area contributed by atoms with Gasteiger partial charge >= 0.3 is 0 Å². The van der Waals surface area contributed by atoms with Crippen molar-refractivity contribution < 1.29 is 19.6 Å². The van der Waals surface area contributed by atoms with E-state index < -0.39 is 16.8 Å². The summed E-state index contributed by atoms with van der Waals surface area (Å²) in [6.45, 7) is 0. The van der Waals surface area contributed by atoms with Gasteiger partial charge in [-0.1, -0.05) is 12.1 Å². The van der Waals surface area contributed by atoms with Crippen molar-refractivity contribution in [2.45, 2.75) is 0 Å². The maximum atomic E-state index is 8.86. The molecule has 0 atom stereocenters. The summed E-state index contributed by atoms with van der Waals surface area (Å²) >= 11 is 0. The summed E-state index contributed by atoms with van der Waals surface area (Å²) in [5, 5.41) is 0.396. The molecule has 66 valence electrons. The monoisotopic (exact) mass is 206 g/mol. The van der Waals surface area contributed by atoms with Crippen molar-refractivity contribution in [1.82, 2.24) is 0 Å². The molecule has 1 rings (SSSR count). The summed E-state index contributed by atoms with van der Waals surface area (Å²) in [5.74, 6) is 0. The van der Waals surface area contributed by atoms with Crippen molar-refractivity contribution in [3.8, 4) is 0 Å². The molecule has 0 aromatic heterocycles. The van der Waals surface area contributed by atoms with Crippen LogP contribution in [0.1, 0.15) is 0 Å². The standard InChI is InChI=1S/C6H8O4P2/c7-11(8)5-3-1-2-4-6(5)12(9)10/h1-4,7-10H. The van der Waals surface area contributed by atoms with Gasteiger partial charge in [-0.25, -0.2) is 0 Å². The quantitative estimate of drug-likeness (QED) is 0.493. The molecule has 0 aliphatic heterocycles. The number of hydrogen-bond acceptors (Lipinski definition) is 4. The van der Waals surface area contributed by atoms with Gasteiger partial charge in [0.2, 0.25) is 0 Å². The zero-order chi connectivity index (χ0) is 9.14. The van der Waals surface area contributed by atoms with Gasteiger partial charge in [0.25, 0.3) is 0 Å². The van der Waals surface area contributed by atoms with Crippen LogP contribution in [-0.2, 0) is 0 Å². The van der Waals surface area contributed by atoms with Crippen LogP contribution in [0.2, 0.25) is 0 Å². The Kier molecular flexibility index (Phi) is 3.53. The fourth-order valence-electron chi connectivity index (χ4n) is 0.802. The Morgan fingerprint density at radius 3 is 1.33 bits per heavy atom. The lowest BCUT2D eigenvalue weighted by Gasteiger charge is -2.09. The van der Waals surface area contributed by atoms with Crippen molar-refractivity contribution in [3.05, 3.63) is 24.3 Å². The van der Waals surface area contributed by atoms with E-state index in [9.17, 15) is 0 Å². The minimum absolute atomic E-state index is 0.198. The molecule has 0 fully saturated rings. The third-order valence-corrected chi connectivity index (χ3v) is 3.13. The van der Waals surface area contributed by atoms with Gasteiger partial charge in [0, 0.05) is 10.6 Å². The van der Waals surface area contributed by atoms with Gasteiger partial charge in [-0.15, -0.1) is 0 Å². The minimum atomic E-state index is -2.25. The second-order valence-corrected chi connectivity index (χ2v) is 4.19. The van der Waals surface area contributed by atoms with Crippen LogP contribution in [0.5, 0.6) is 0 Å². The van der Waals surface area contributed by atoms with Crippen molar-refractivity contribution >= 4 is 27.4 Å². The molecule has 0 saturated heterocycles. The first-order valence-electron chi connectivity index (χ1n) is 3.07. The average Bonchev–Trinajstić information content (AvgIpc) is 2.04. The highest BCUT2D eigenvalue weighted by molar-refractivity contribution is 7.61. The van der Waals surface area contributed by atoms with Gasteiger partial charge in [-0.3, -0.25) is 0 Å². The van der Waals surface area contributed by atoms with E-state index in [0.717, 1.165) is 0 Å². The lowest BCUT2D eigenvalue weighted by Crippen LogP contribution is -2.20. The van der Waals surface area contributed by atoms with Crippen molar-refractivity contribution in [1.29, 1.82) is 0 Å². The van der Waals surface area contributed by atoms with Crippen LogP contribution < -0.4 is 10.6 Å². The van der Waals surface area contributed by atoms with Crippen molar-refractivity contribution in [2.75, 3.05) is 0 Å². The molecule has 4 N–H and O–H groups in total. The number of rotatable bonds is 2. The molecule has 0 aliphatic carbocycles. The summed E-state index contributed by atoms with van der Waals surface area (Å²) < 4.78 is 0. The normalized spacial score (nSPS) is 11.2. The zero-order valence-corrected chi connectivity index (χ0v) is 7.78. The van der Waals surface area contributed by atoms with Gasteiger partial charge in [0.05, 0.1) is 0 Å². The minimum Gasteiger partial charge on any atom is -0.347 e. The van der Waals surface area contributed by atoms with E-state index in [4.69, 9.17) is 19.6 Å². The maximum absolute atomic E-state index is 8.86. The van der Waals surface area contributed by atoms with E-state index >= 15 is 0 Å². The molecular formula is C6H8O4P2. The molecular weight excluding hydrogens is 198 g/mol. The second-order valence-electron chi connectivity index (χ2n) is 2.07. The van der Waals surface area contributed by atoms with Crippen molar-refractivity contribution in [3.63, 3.8) is 0 Å². The summed E-state index contributed by atoms with van der Waals surface area (Å²) in [5.41, 5.74) is 0. The first-order valence-corrected chi connectivity index (χ1v) is 5.57. The fraction of sp³-hybridized carbons (Fsp3) is 0. The zero-order valence-electron chi connectivity index (χ0n) is 5.99. The summed E-state index contributed by atoms with van der Waals surface area (Å²) in [6, 6.07) is 6.14. The molecule has 1 aromatic carbocycles. The molecule has 0 spiro atoms. The van der Waals surface area contributed by atoms with E-state index in [1.54, 1.807) is 12.1 Å². The Morgan fingerprint density at radius 1 is 0.750 bits per heavy atom. The maximum Gasteiger partial charge on any atom is 0.200 e. The Morgan fingerprint density at radius 2 is 1.08 bits per heavy atom. The Labute approximate surface area is 72.0 Å². The first kappa shape index (κ1) is 10.0. The molecule has 0 amide bonds. The van der Waals surface area contributed by atoms with Crippen molar-refractivity contribution in [2.24, 2.45) is 0 Å². The summed E-state index contributed by atoms with van der Waals surface area (Å²) in [7, 11) is -4.51.